The van der Waals surface area contributed by atoms with Gasteiger partial charge in [-0.3, -0.25) is 0 Å². The first-order valence-corrected chi connectivity index (χ1v) is 8.09. The summed E-state index contributed by atoms with van der Waals surface area (Å²) < 4.78 is 17.7. The van der Waals surface area contributed by atoms with Crippen LogP contribution in [-0.4, -0.2) is 31.4 Å². The minimum atomic E-state index is 0.0550. The van der Waals surface area contributed by atoms with Gasteiger partial charge in [-0.15, -0.1) is 0 Å². The number of alkyl halides is 1. The van der Waals surface area contributed by atoms with E-state index in [4.69, 9.17) is 14.2 Å². The first-order valence-electron chi connectivity index (χ1n) is 6.57. The zero-order chi connectivity index (χ0) is 14.1. The van der Waals surface area contributed by atoms with Crippen LogP contribution >= 0.6 is 22.6 Å². The minimum Gasteiger partial charge on any atom is -0.496 e. The van der Waals surface area contributed by atoms with Crippen molar-refractivity contribution in [2.45, 2.75) is 20.0 Å². The lowest BCUT2D eigenvalue weighted by atomic mass is 10.1. The lowest BCUT2D eigenvalue weighted by Crippen LogP contribution is -2.13. The molecule has 0 spiro atoms. The highest BCUT2D eigenvalue weighted by molar-refractivity contribution is 14.1. The summed E-state index contributed by atoms with van der Waals surface area (Å²) in [7, 11) is 1.69. The number of hydrogen-bond acceptors (Lipinski definition) is 3. The molecule has 1 aromatic rings. The second kappa shape index (κ2) is 9.55. The van der Waals surface area contributed by atoms with E-state index in [1.54, 1.807) is 7.11 Å². The summed E-state index contributed by atoms with van der Waals surface area (Å²) in [5.41, 5.74) is 1.10. The molecule has 0 heterocycles. The van der Waals surface area contributed by atoms with Gasteiger partial charge in [0.2, 0.25) is 0 Å². The zero-order valence-electron chi connectivity index (χ0n) is 11.9. The van der Waals surface area contributed by atoms with Crippen LogP contribution in [0.5, 0.6) is 5.75 Å². The van der Waals surface area contributed by atoms with E-state index in [1.807, 2.05) is 18.2 Å². The Labute approximate surface area is 129 Å². The van der Waals surface area contributed by atoms with E-state index in [-0.39, 0.29) is 6.10 Å². The molecule has 1 rings (SSSR count). The van der Waals surface area contributed by atoms with Crippen LogP contribution in [-0.2, 0) is 9.47 Å². The molecule has 0 saturated heterocycles. The highest BCUT2D eigenvalue weighted by Crippen LogP contribution is 2.28. The maximum absolute atomic E-state index is 5.89. The fourth-order valence-electron chi connectivity index (χ4n) is 1.72. The van der Waals surface area contributed by atoms with Gasteiger partial charge in [0, 0.05) is 16.6 Å². The molecule has 0 radical (unpaired) electrons. The van der Waals surface area contributed by atoms with Gasteiger partial charge in [0.05, 0.1) is 26.4 Å². The average Bonchev–Trinajstić information content (AvgIpc) is 2.42. The molecule has 19 heavy (non-hydrogen) atoms. The zero-order valence-corrected chi connectivity index (χ0v) is 14.1. The second-order valence-corrected chi connectivity index (χ2v) is 5.61. The lowest BCUT2D eigenvalue weighted by molar-refractivity contribution is 0.00748. The number of para-hydroxylation sites is 1. The van der Waals surface area contributed by atoms with E-state index < -0.39 is 0 Å². The van der Waals surface area contributed by atoms with Gasteiger partial charge in [0.15, 0.2) is 0 Å². The number of ether oxygens (including phenoxy) is 3. The SMILES string of the molecule is COc1ccccc1C(CI)OCCOCC(C)C. The molecule has 0 aliphatic heterocycles. The molecule has 108 valence electrons. The highest BCUT2D eigenvalue weighted by atomic mass is 127. The topological polar surface area (TPSA) is 27.7 Å². The van der Waals surface area contributed by atoms with Crippen molar-refractivity contribution in [2.24, 2.45) is 5.92 Å². The molecule has 1 aromatic carbocycles. The maximum Gasteiger partial charge on any atom is 0.124 e. The van der Waals surface area contributed by atoms with Crippen LogP contribution < -0.4 is 4.74 Å². The molecule has 1 unspecified atom stereocenters. The predicted octanol–water partition coefficient (Wildman–Crippen LogP) is 3.86. The fourth-order valence-corrected chi connectivity index (χ4v) is 2.45. The Morgan fingerprint density at radius 3 is 2.53 bits per heavy atom. The van der Waals surface area contributed by atoms with Gasteiger partial charge in [0.1, 0.15) is 5.75 Å². The second-order valence-electron chi connectivity index (χ2n) is 4.72. The Balaban J connectivity index is 2.44. The molecule has 1 atom stereocenters. The summed E-state index contributed by atoms with van der Waals surface area (Å²) in [6.07, 6.45) is 0.0550. The summed E-state index contributed by atoms with van der Waals surface area (Å²) in [5.74, 6) is 1.45. The van der Waals surface area contributed by atoms with Crippen LogP contribution in [0.2, 0.25) is 0 Å². The van der Waals surface area contributed by atoms with Crippen LogP contribution in [0.25, 0.3) is 0 Å². The van der Waals surface area contributed by atoms with Crippen molar-refractivity contribution in [1.82, 2.24) is 0 Å². The van der Waals surface area contributed by atoms with Gasteiger partial charge in [-0.25, -0.2) is 0 Å². The van der Waals surface area contributed by atoms with Gasteiger partial charge in [-0.2, -0.15) is 0 Å². The van der Waals surface area contributed by atoms with Crippen LogP contribution in [0.3, 0.4) is 0 Å². The first-order chi connectivity index (χ1) is 9.19. The summed E-state index contributed by atoms with van der Waals surface area (Å²) >= 11 is 2.34. The molecule has 0 N–H and O–H groups in total. The third-order valence-corrected chi connectivity index (χ3v) is 3.42. The third kappa shape index (κ3) is 6.10. The number of rotatable bonds is 9. The number of methoxy groups -OCH3 is 1. The van der Waals surface area contributed by atoms with Crippen molar-refractivity contribution in [3.05, 3.63) is 29.8 Å². The number of halogens is 1. The first kappa shape index (κ1) is 16.7. The lowest BCUT2D eigenvalue weighted by Gasteiger charge is -2.18. The van der Waals surface area contributed by atoms with Gasteiger partial charge in [-0.1, -0.05) is 54.6 Å². The Morgan fingerprint density at radius 1 is 1.16 bits per heavy atom. The van der Waals surface area contributed by atoms with Gasteiger partial charge >= 0.3 is 0 Å². The third-order valence-electron chi connectivity index (χ3n) is 2.62. The monoisotopic (exact) mass is 378 g/mol. The standard InChI is InChI=1S/C15H23IO3/c1-12(2)11-18-8-9-19-15(10-16)13-6-4-5-7-14(13)17-3/h4-7,12,15H,8-11H2,1-3H3. The van der Waals surface area contributed by atoms with Crippen LogP contribution in [0.4, 0.5) is 0 Å². The van der Waals surface area contributed by atoms with Gasteiger partial charge in [-0.05, 0) is 12.0 Å². The smallest absolute Gasteiger partial charge is 0.124 e. The Hall–Kier alpha value is -0.330. The van der Waals surface area contributed by atoms with Gasteiger partial charge < -0.3 is 14.2 Å². The molecule has 0 bridgehead atoms. The number of hydrogen-bond donors (Lipinski definition) is 0. The Kier molecular flexibility index (Phi) is 8.41. The number of benzene rings is 1. The van der Waals surface area contributed by atoms with Crippen LogP contribution in [0.15, 0.2) is 24.3 Å². The van der Waals surface area contributed by atoms with E-state index in [9.17, 15) is 0 Å². The Morgan fingerprint density at radius 2 is 1.89 bits per heavy atom. The minimum absolute atomic E-state index is 0.0550. The quantitative estimate of drug-likeness (QED) is 0.371. The average molecular weight is 378 g/mol. The van der Waals surface area contributed by atoms with Crippen LogP contribution in [0, 0.1) is 5.92 Å². The van der Waals surface area contributed by atoms with E-state index in [0.29, 0.717) is 19.1 Å². The molecule has 0 fully saturated rings. The molecule has 0 aromatic heterocycles. The Bertz CT molecular complexity index is 355. The molecular weight excluding hydrogens is 355 g/mol. The molecule has 3 nitrogen and oxygen atoms in total. The summed E-state index contributed by atoms with van der Waals surface area (Å²) in [6, 6.07) is 8.00. The van der Waals surface area contributed by atoms with E-state index in [0.717, 1.165) is 22.3 Å². The van der Waals surface area contributed by atoms with E-state index >= 15 is 0 Å². The van der Waals surface area contributed by atoms with Crippen LogP contribution in [0.1, 0.15) is 25.5 Å². The van der Waals surface area contributed by atoms with Gasteiger partial charge in [0.25, 0.3) is 0 Å². The summed E-state index contributed by atoms with van der Waals surface area (Å²) in [5, 5.41) is 0. The molecule has 0 amide bonds. The molecule has 4 heteroatoms. The highest BCUT2D eigenvalue weighted by Gasteiger charge is 2.14. The van der Waals surface area contributed by atoms with Crippen molar-refractivity contribution in [1.29, 1.82) is 0 Å². The summed E-state index contributed by atoms with van der Waals surface area (Å²) in [6.45, 7) is 6.32. The fraction of sp³-hybridized carbons (Fsp3) is 0.600. The molecule has 0 aliphatic rings. The predicted molar refractivity (Wildman–Crippen MR) is 86.2 cm³/mol. The van der Waals surface area contributed by atoms with Crippen molar-refractivity contribution in [2.75, 3.05) is 31.4 Å². The van der Waals surface area contributed by atoms with Crippen molar-refractivity contribution >= 4 is 22.6 Å². The molecular formula is C15H23IO3. The summed E-state index contributed by atoms with van der Waals surface area (Å²) in [4.78, 5) is 0. The van der Waals surface area contributed by atoms with Crippen molar-refractivity contribution in [3.63, 3.8) is 0 Å². The van der Waals surface area contributed by atoms with E-state index in [1.165, 1.54) is 0 Å². The van der Waals surface area contributed by atoms with Crippen molar-refractivity contribution in [3.8, 4) is 5.75 Å². The van der Waals surface area contributed by atoms with E-state index in [2.05, 4.69) is 42.5 Å². The maximum atomic E-state index is 5.89. The molecule has 0 saturated carbocycles. The normalized spacial score (nSPS) is 12.7. The van der Waals surface area contributed by atoms with Crippen molar-refractivity contribution < 1.29 is 14.2 Å². The largest absolute Gasteiger partial charge is 0.496 e. The molecule has 0 aliphatic carbocycles.